The first-order chi connectivity index (χ1) is 8.88. The summed E-state index contributed by atoms with van der Waals surface area (Å²) < 4.78 is 5.57. The summed E-state index contributed by atoms with van der Waals surface area (Å²) in [6, 6.07) is 9.78. The van der Waals surface area contributed by atoms with E-state index in [0.29, 0.717) is 24.1 Å². The lowest BCUT2D eigenvalue weighted by Gasteiger charge is -2.00. The van der Waals surface area contributed by atoms with Gasteiger partial charge in [-0.2, -0.15) is 0 Å². The SMILES string of the molecule is ClCCc1nnc(-c2cccc3cccnc23)o1. The van der Waals surface area contributed by atoms with Gasteiger partial charge in [-0.05, 0) is 12.1 Å². The Morgan fingerprint density at radius 1 is 1.11 bits per heavy atom. The fourth-order valence-corrected chi connectivity index (χ4v) is 1.98. The van der Waals surface area contributed by atoms with Gasteiger partial charge in [-0.1, -0.05) is 18.2 Å². The zero-order valence-electron chi connectivity index (χ0n) is 9.51. The van der Waals surface area contributed by atoms with E-state index < -0.39 is 0 Å². The minimum absolute atomic E-state index is 0.468. The quantitative estimate of drug-likeness (QED) is 0.679. The molecule has 0 spiro atoms. The van der Waals surface area contributed by atoms with Gasteiger partial charge in [0, 0.05) is 23.9 Å². The third-order valence-corrected chi connectivity index (χ3v) is 2.83. The summed E-state index contributed by atoms with van der Waals surface area (Å²) in [7, 11) is 0. The zero-order valence-corrected chi connectivity index (χ0v) is 10.3. The molecule has 4 nitrogen and oxygen atoms in total. The fourth-order valence-electron chi connectivity index (χ4n) is 1.82. The summed E-state index contributed by atoms with van der Waals surface area (Å²) in [5, 5.41) is 9.05. The van der Waals surface area contributed by atoms with Crippen LogP contribution in [-0.2, 0) is 6.42 Å². The van der Waals surface area contributed by atoms with Crippen LogP contribution in [0.1, 0.15) is 5.89 Å². The molecular weight excluding hydrogens is 250 g/mol. The lowest BCUT2D eigenvalue weighted by atomic mass is 10.1. The monoisotopic (exact) mass is 259 g/mol. The van der Waals surface area contributed by atoms with Crippen molar-refractivity contribution in [3.8, 4) is 11.5 Å². The van der Waals surface area contributed by atoms with E-state index in [0.717, 1.165) is 16.5 Å². The van der Waals surface area contributed by atoms with E-state index in [1.54, 1.807) is 6.20 Å². The summed E-state index contributed by atoms with van der Waals surface area (Å²) in [6.45, 7) is 0. The number of pyridine rings is 1. The maximum atomic E-state index is 5.65. The van der Waals surface area contributed by atoms with E-state index in [4.69, 9.17) is 16.0 Å². The normalized spacial score (nSPS) is 10.9. The smallest absolute Gasteiger partial charge is 0.249 e. The standard InChI is InChI=1S/C13H10ClN3O/c14-7-6-11-16-17-13(18-11)10-5-1-3-9-4-2-8-15-12(9)10/h1-5,8H,6-7H2. The molecule has 0 unspecified atom stereocenters. The fraction of sp³-hybridized carbons (Fsp3) is 0.154. The molecule has 5 heteroatoms. The number of nitrogens with zero attached hydrogens (tertiary/aromatic N) is 3. The number of alkyl halides is 1. The maximum Gasteiger partial charge on any atom is 0.249 e. The number of hydrogen-bond acceptors (Lipinski definition) is 4. The minimum atomic E-state index is 0.468. The van der Waals surface area contributed by atoms with Crippen molar-refractivity contribution in [1.82, 2.24) is 15.2 Å². The molecule has 0 aliphatic heterocycles. The number of hydrogen-bond donors (Lipinski definition) is 0. The highest BCUT2D eigenvalue weighted by molar-refractivity contribution is 6.17. The van der Waals surface area contributed by atoms with Crippen LogP contribution in [0.3, 0.4) is 0 Å². The maximum absolute atomic E-state index is 5.65. The van der Waals surface area contributed by atoms with Gasteiger partial charge in [0.25, 0.3) is 0 Å². The Balaban J connectivity index is 2.12. The Labute approximate surface area is 109 Å². The molecule has 0 bridgehead atoms. The summed E-state index contributed by atoms with van der Waals surface area (Å²) in [5.41, 5.74) is 1.71. The number of rotatable bonds is 3. The average Bonchev–Trinajstić information content (AvgIpc) is 2.87. The molecule has 1 aromatic carbocycles. The molecule has 0 amide bonds. The van der Waals surface area contributed by atoms with Gasteiger partial charge in [0.2, 0.25) is 11.8 Å². The first kappa shape index (κ1) is 11.2. The van der Waals surface area contributed by atoms with Crippen molar-refractivity contribution in [2.24, 2.45) is 0 Å². The van der Waals surface area contributed by atoms with Gasteiger partial charge < -0.3 is 4.42 Å². The van der Waals surface area contributed by atoms with Gasteiger partial charge in [-0.15, -0.1) is 21.8 Å². The van der Waals surface area contributed by atoms with Crippen LogP contribution < -0.4 is 0 Å². The summed E-state index contributed by atoms with van der Waals surface area (Å²) in [4.78, 5) is 4.36. The number of halogens is 1. The Morgan fingerprint density at radius 2 is 2.00 bits per heavy atom. The van der Waals surface area contributed by atoms with E-state index >= 15 is 0 Å². The highest BCUT2D eigenvalue weighted by Gasteiger charge is 2.11. The number of fused-ring (bicyclic) bond motifs is 1. The Kier molecular flexibility index (Phi) is 2.94. The molecule has 0 aliphatic carbocycles. The molecule has 3 rings (SSSR count). The van der Waals surface area contributed by atoms with E-state index in [2.05, 4.69) is 15.2 Å². The summed E-state index contributed by atoms with van der Waals surface area (Å²) >= 11 is 5.65. The van der Waals surface area contributed by atoms with Gasteiger partial charge >= 0.3 is 0 Å². The number of para-hydroxylation sites is 1. The predicted octanol–water partition coefficient (Wildman–Crippen LogP) is 3.07. The van der Waals surface area contributed by atoms with Crippen LogP contribution in [0.4, 0.5) is 0 Å². The third-order valence-electron chi connectivity index (χ3n) is 2.64. The van der Waals surface area contributed by atoms with E-state index in [1.807, 2.05) is 30.3 Å². The largest absolute Gasteiger partial charge is 0.421 e. The predicted molar refractivity (Wildman–Crippen MR) is 69.5 cm³/mol. The van der Waals surface area contributed by atoms with E-state index in [9.17, 15) is 0 Å². The molecule has 3 aromatic rings. The van der Waals surface area contributed by atoms with Gasteiger partial charge in [-0.25, -0.2) is 0 Å². The topological polar surface area (TPSA) is 51.8 Å². The molecule has 0 fully saturated rings. The highest BCUT2D eigenvalue weighted by atomic mass is 35.5. The Hall–Kier alpha value is -1.94. The van der Waals surface area contributed by atoms with Crippen molar-refractivity contribution in [1.29, 1.82) is 0 Å². The average molecular weight is 260 g/mol. The first-order valence-corrected chi connectivity index (χ1v) is 6.14. The van der Waals surface area contributed by atoms with Crippen molar-refractivity contribution in [3.63, 3.8) is 0 Å². The molecule has 0 saturated carbocycles. The van der Waals surface area contributed by atoms with Crippen molar-refractivity contribution >= 4 is 22.5 Å². The Bertz CT molecular complexity index is 675. The number of aromatic nitrogens is 3. The van der Waals surface area contributed by atoms with Crippen molar-refractivity contribution in [2.75, 3.05) is 5.88 Å². The molecule has 0 aliphatic rings. The summed E-state index contributed by atoms with van der Waals surface area (Å²) in [6.07, 6.45) is 2.33. The molecule has 2 aromatic heterocycles. The summed E-state index contributed by atoms with van der Waals surface area (Å²) in [5.74, 6) is 1.50. The van der Waals surface area contributed by atoms with Gasteiger partial charge in [0.1, 0.15) is 0 Å². The molecule has 18 heavy (non-hydrogen) atoms. The zero-order chi connectivity index (χ0) is 12.4. The third kappa shape index (κ3) is 1.95. The lowest BCUT2D eigenvalue weighted by Crippen LogP contribution is -1.84. The molecule has 0 atom stereocenters. The van der Waals surface area contributed by atoms with Gasteiger partial charge in [0.15, 0.2) is 0 Å². The Morgan fingerprint density at radius 3 is 2.89 bits per heavy atom. The molecule has 90 valence electrons. The lowest BCUT2D eigenvalue weighted by molar-refractivity contribution is 0.514. The van der Waals surface area contributed by atoms with Crippen molar-refractivity contribution < 1.29 is 4.42 Å². The second kappa shape index (κ2) is 4.74. The first-order valence-electron chi connectivity index (χ1n) is 5.61. The van der Waals surface area contributed by atoms with Crippen molar-refractivity contribution in [3.05, 3.63) is 42.4 Å². The van der Waals surface area contributed by atoms with Crippen LogP contribution >= 0.6 is 11.6 Å². The van der Waals surface area contributed by atoms with Gasteiger partial charge in [-0.3, -0.25) is 4.98 Å². The second-order valence-electron chi connectivity index (χ2n) is 3.82. The van der Waals surface area contributed by atoms with Crippen LogP contribution in [0.2, 0.25) is 0 Å². The molecule has 0 saturated heterocycles. The molecule has 0 radical (unpaired) electrons. The van der Waals surface area contributed by atoms with E-state index in [-0.39, 0.29) is 0 Å². The second-order valence-corrected chi connectivity index (χ2v) is 4.20. The van der Waals surface area contributed by atoms with Gasteiger partial charge in [0.05, 0.1) is 11.1 Å². The van der Waals surface area contributed by atoms with Crippen LogP contribution in [0.5, 0.6) is 0 Å². The van der Waals surface area contributed by atoms with Crippen LogP contribution in [-0.4, -0.2) is 21.1 Å². The molecule has 0 N–H and O–H groups in total. The van der Waals surface area contributed by atoms with Crippen LogP contribution in [0.25, 0.3) is 22.4 Å². The number of aryl methyl sites for hydroxylation is 1. The van der Waals surface area contributed by atoms with Crippen LogP contribution in [0.15, 0.2) is 40.9 Å². The molecule has 2 heterocycles. The highest BCUT2D eigenvalue weighted by Crippen LogP contribution is 2.25. The minimum Gasteiger partial charge on any atom is -0.421 e. The number of benzene rings is 1. The molecular formula is C13H10ClN3O. The van der Waals surface area contributed by atoms with Crippen LogP contribution in [0, 0.1) is 0 Å². The van der Waals surface area contributed by atoms with E-state index in [1.165, 1.54) is 0 Å². The van der Waals surface area contributed by atoms with Crippen molar-refractivity contribution in [2.45, 2.75) is 6.42 Å².